The highest BCUT2D eigenvalue weighted by molar-refractivity contribution is 5.71. The summed E-state index contributed by atoms with van der Waals surface area (Å²) >= 11 is 0. The summed E-state index contributed by atoms with van der Waals surface area (Å²) in [5, 5.41) is 11.8. The molecule has 0 aliphatic carbocycles. The van der Waals surface area contributed by atoms with Gasteiger partial charge in [-0.2, -0.15) is 0 Å². The Morgan fingerprint density at radius 1 is 1.17 bits per heavy atom. The smallest absolute Gasteiger partial charge is 0.307 e. The summed E-state index contributed by atoms with van der Waals surface area (Å²) in [5.74, 6) is -2.03. The van der Waals surface area contributed by atoms with Gasteiger partial charge >= 0.3 is 5.97 Å². The van der Waals surface area contributed by atoms with Crippen molar-refractivity contribution >= 4 is 17.6 Å². The molecule has 0 fully saturated rings. The normalized spacial score (nSPS) is 10.5. The quantitative estimate of drug-likeness (QED) is 0.574. The number of carboxylic acid groups (broad SMARTS) is 1. The van der Waals surface area contributed by atoms with Crippen molar-refractivity contribution in [1.29, 1.82) is 0 Å². The van der Waals surface area contributed by atoms with E-state index >= 15 is 0 Å². The number of aliphatic carboxylic acids is 1. The molecule has 0 aliphatic rings. The molecule has 0 atom stereocenters. The molecule has 2 aromatic carbocycles. The fraction of sp³-hybridized carbons (Fsp3) is 0.190. The minimum Gasteiger partial charge on any atom is -0.494 e. The Kier molecular flexibility index (Phi) is 6.41. The molecule has 1 heterocycles. The average molecular weight is 415 g/mol. The van der Waals surface area contributed by atoms with E-state index in [4.69, 9.17) is 14.6 Å². The number of nitrogens with zero attached hydrogens (tertiary/aromatic N) is 2. The number of aromatic nitrogens is 2. The van der Waals surface area contributed by atoms with Gasteiger partial charge in [0.15, 0.2) is 17.3 Å². The van der Waals surface area contributed by atoms with E-state index in [0.29, 0.717) is 11.3 Å². The fourth-order valence-corrected chi connectivity index (χ4v) is 2.76. The van der Waals surface area contributed by atoms with Gasteiger partial charge in [-0.05, 0) is 36.2 Å². The van der Waals surface area contributed by atoms with E-state index in [2.05, 4.69) is 15.3 Å². The monoisotopic (exact) mass is 415 g/mol. The number of halogens is 2. The van der Waals surface area contributed by atoms with Gasteiger partial charge in [0.05, 0.1) is 31.5 Å². The van der Waals surface area contributed by atoms with Gasteiger partial charge in [0.25, 0.3) is 0 Å². The lowest BCUT2D eigenvalue weighted by Gasteiger charge is -2.12. The number of carbonyl (C=O) groups is 1. The molecule has 0 bridgehead atoms. The van der Waals surface area contributed by atoms with E-state index in [1.165, 1.54) is 32.5 Å². The maximum Gasteiger partial charge on any atom is 0.307 e. The van der Waals surface area contributed by atoms with Gasteiger partial charge in [-0.1, -0.05) is 12.1 Å². The number of hydrogen-bond donors (Lipinski definition) is 2. The molecule has 0 aliphatic heterocycles. The second kappa shape index (κ2) is 9.17. The number of benzene rings is 2. The Balaban J connectivity index is 1.67. The topological polar surface area (TPSA) is 93.6 Å². The number of nitrogens with one attached hydrogen (secondary N) is 1. The Hall–Kier alpha value is -3.75. The van der Waals surface area contributed by atoms with Gasteiger partial charge in [0, 0.05) is 5.69 Å². The summed E-state index contributed by atoms with van der Waals surface area (Å²) in [6, 6.07) is 8.13. The van der Waals surface area contributed by atoms with Crippen molar-refractivity contribution in [1.82, 2.24) is 9.97 Å². The van der Waals surface area contributed by atoms with Gasteiger partial charge in [-0.25, -0.2) is 18.7 Å². The van der Waals surface area contributed by atoms with E-state index in [1.807, 2.05) is 0 Å². The second-order valence-electron chi connectivity index (χ2n) is 6.43. The lowest BCUT2D eigenvalue weighted by atomic mass is 10.1. The molecular formula is C21H19F2N3O4. The highest BCUT2D eigenvalue weighted by Gasteiger charge is 2.18. The lowest BCUT2D eigenvalue weighted by Crippen LogP contribution is -2.06. The first-order valence-electron chi connectivity index (χ1n) is 8.91. The second-order valence-corrected chi connectivity index (χ2v) is 6.43. The molecule has 156 valence electrons. The predicted octanol–water partition coefficient (Wildman–Crippen LogP) is 4.02. The Labute approximate surface area is 171 Å². The van der Waals surface area contributed by atoms with Crippen molar-refractivity contribution < 1.29 is 28.2 Å². The Bertz CT molecular complexity index is 1060. The minimum absolute atomic E-state index is 0.0616. The zero-order chi connectivity index (χ0) is 21.7. The third kappa shape index (κ3) is 4.99. The minimum atomic E-state index is -0.927. The molecule has 2 N–H and O–H groups in total. The highest BCUT2D eigenvalue weighted by atomic mass is 19.1. The number of hydrogen-bond acceptors (Lipinski definition) is 6. The van der Waals surface area contributed by atoms with Crippen LogP contribution < -0.4 is 14.8 Å². The highest BCUT2D eigenvalue weighted by Crippen LogP contribution is 2.27. The van der Waals surface area contributed by atoms with Crippen LogP contribution in [0.2, 0.25) is 0 Å². The summed E-state index contributed by atoms with van der Waals surface area (Å²) in [6.45, 7) is 1.15. The third-order valence-electron chi connectivity index (χ3n) is 4.21. The molecule has 30 heavy (non-hydrogen) atoms. The van der Waals surface area contributed by atoms with Crippen LogP contribution in [-0.4, -0.2) is 28.2 Å². The summed E-state index contributed by atoms with van der Waals surface area (Å²) in [5.41, 5.74) is 1.25. The van der Waals surface area contributed by atoms with E-state index in [1.54, 1.807) is 24.3 Å². The van der Waals surface area contributed by atoms with Crippen LogP contribution in [0.4, 0.5) is 20.4 Å². The predicted molar refractivity (Wildman–Crippen MR) is 105 cm³/mol. The summed E-state index contributed by atoms with van der Waals surface area (Å²) in [6.07, 6.45) is 2.62. The molecule has 3 rings (SSSR count). The van der Waals surface area contributed by atoms with Gasteiger partial charge in [-0.15, -0.1) is 0 Å². The summed E-state index contributed by atoms with van der Waals surface area (Å²) in [4.78, 5) is 19.0. The maximum absolute atomic E-state index is 14.3. The van der Waals surface area contributed by atoms with E-state index in [9.17, 15) is 13.6 Å². The van der Waals surface area contributed by atoms with Crippen molar-refractivity contribution in [2.75, 3.05) is 12.4 Å². The first-order valence-corrected chi connectivity index (χ1v) is 8.91. The van der Waals surface area contributed by atoms with Crippen LogP contribution in [0.5, 0.6) is 11.5 Å². The molecule has 0 saturated heterocycles. The van der Waals surface area contributed by atoms with Crippen LogP contribution >= 0.6 is 0 Å². The average Bonchev–Trinajstić information content (AvgIpc) is 2.71. The van der Waals surface area contributed by atoms with E-state index in [-0.39, 0.29) is 41.6 Å². The fourth-order valence-electron chi connectivity index (χ4n) is 2.76. The first-order chi connectivity index (χ1) is 14.4. The molecule has 0 saturated carbocycles. The Morgan fingerprint density at radius 2 is 1.90 bits per heavy atom. The number of methoxy groups -OCH3 is 1. The molecular weight excluding hydrogens is 396 g/mol. The van der Waals surface area contributed by atoms with Crippen molar-refractivity contribution in [2.24, 2.45) is 0 Å². The maximum atomic E-state index is 14.3. The van der Waals surface area contributed by atoms with E-state index < -0.39 is 17.6 Å². The summed E-state index contributed by atoms with van der Waals surface area (Å²) in [7, 11) is 1.30. The van der Waals surface area contributed by atoms with Crippen LogP contribution in [0.3, 0.4) is 0 Å². The summed E-state index contributed by atoms with van der Waals surface area (Å²) < 4.78 is 38.9. The van der Waals surface area contributed by atoms with Crippen LogP contribution in [0.1, 0.15) is 16.7 Å². The van der Waals surface area contributed by atoms with Crippen molar-refractivity contribution in [3.63, 3.8) is 0 Å². The van der Waals surface area contributed by atoms with Crippen molar-refractivity contribution in [3.8, 4) is 11.5 Å². The van der Waals surface area contributed by atoms with Gasteiger partial charge in [0.2, 0.25) is 5.95 Å². The molecule has 0 spiro atoms. The number of rotatable bonds is 8. The number of aryl methyl sites for hydroxylation is 1. The van der Waals surface area contributed by atoms with Gasteiger partial charge in [-0.3, -0.25) is 4.79 Å². The molecule has 1 aromatic heterocycles. The molecule has 3 aromatic rings. The molecule has 0 amide bonds. The van der Waals surface area contributed by atoms with Crippen LogP contribution in [0.15, 0.2) is 42.7 Å². The number of anilines is 2. The Morgan fingerprint density at radius 3 is 2.57 bits per heavy atom. The largest absolute Gasteiger partial charge is 0.494 e. The standard InChI is InChI=1S/C21H19F2N3O4/c1-12-6-17(29-2)20(23)16(19(12)22)11-30-15-9-24-21(25-10-15)26-14-5-3-4-13(7-14)8-18(27)28/h3-7,9-10H,8,11H2,1-2H3,(H,27,28)(H,24,25,26). The van der Waals surface area contributed by atoms with Crippen LogP contribution in [0.25, 0.3) is 0 Å². The van der Waals surface area contributed by atoms with Crippen molar-refractivity contribution in [3.05, 3.63) is 71.1 Å². The van der Waals surface area contributed by atoms with Crippen LogP contribution in [-0.2, 0) is 17.8 Å². The van der Waals surface area contributed by atoms with Crippen LogP contribution in [0, 0.1) is 18.6 Å². The molecule has 9 heteroatoms. The van der Waals surface area contributed by atoms with Gasteiger partial charge < -0.3 is 19.9 Å². The lowest BCUT2D eigenvalue weighted by molar-refractivity contribution is -0.136. The molecule has 0 unspecified atom stereocenters. The zero-order valence-electron chi connectivity index (χ0n) is 16.3. The zero-order valence-corrected chi connectivity index (χ0v) is 16.3. The van der Waals surface area contributed by atoms with Crippen molar-refractivity contribution in [2.45, 2.75) is 20.0 Å². The third-order valence-corrected chi connectivity index (χ3v) is 4.21. The van der Waals surface area contributed by atoms with E-state index in [0.717, 1.165) is 0 Å². The first kappa shape index (κ1) is 21.0. The van der Waals surface area contributed by atoms with Gasteiger partial charge in [0.1, 0.15) is 12.4 Å². The molecule has 0 radical (unpaired) electrons. The molecule has 7 nitrogen and oxygen atoms in total. The number of carboxylic acids is 1. The SMILES string of the molecule is COc1cc(C)c(F)c(COc2cnc(Nc3cccc(CC(=O)O)c3)nc2)c1F. The number of ether oxygens (including phenoxy) is 2.